The summed E-state index contributed by atoms with van der Waals surface area (Å²) in [5.41, 5.74) is -1.19. The first kappa shape index (κ1) is 9.41. The van der Waals surface area contributed by atoms with E-state index in [9.17, 15) is 22.4 Å². The lowest BCUT2D eigenvalue weighted by molar-refractivity contribution is 0.436. The zero-order chi connectivity index (χ0) is 10.0. The van der Waals surface area contributed by atoms with Crippen molar-refractivity contribution in [2.24, 2.45) is 4.99 Å². The van der Waals surface area contributed by atoms with Crippen molar-refractivity contribution in [1.82, 2.24) is 0 Å². The Kier molecular flexibility index (Phi) is 2.44. The molecular weight excluding hydrogens is 190 g/mol. The number of aliphatic imine (C=N–C) groups is 1. The van der Waals surface area contributed by atoms with Crippen LogP contribution in [0.5, 0.6) is 0 Å². The molecule has 2 nitrogen and oxygen atoms in total. The van der Waals surface area contributed by atoms with Crippen LogP contribution in [0.2, 0.25) is 0 Å². The minimum Gasteiger partial charge on any atom is -0.211 e. The molecule has 13 heavy (non-hydrogen) atoms. The molecule has 68 valence electrons. The molecule has 1 aromatic carbocycles. The van der Waals surface area contributed by atoms with Crippen LogP contribution in [0.1, 0.15) is 0 Å². The largest absolute Gasteiger partial charge is 0.240 e. The van der Waals surface area contributed by atoms with Gasteiger partial charge in [-0.1, -0.05) is 0 Å². The number of halogens is 4. The Morgan fingerprint density at radius 1 is 1.08 bits per heavy atom. The van der Waals surface area contributed by atoms with Crippen LogP contribution in [-0.2, 0) is 4.79 Å². The summed E-state index contributed by atoms with van der Waals surface area (Å²) in [7, 11) is 0. The first-order valence-corrected chi connectivity index (χ1v) is 2.98. The van der Waals surface area contributed by atoms with Gasteiger partial charge in [0.15, 0.2) is 29.0 Å². The van der Waals surface area contributed by atoms with Crippen molar-refractivity contribution in [1.29, 1.82) is 0 Å². The fraction of sp³-hybridized carbons (Fsp3) is 0. The van der Waals surface area contributed by atoms with Gasteiger partial charge in [-0.25, -0.2) is 22.4 Å². The predicted molar refractivity (Wildman–Crippen MR) is 34.1 cm³/mol. The molecule has 0 saturated heterocycles. The molecule has 0 N–H and O–H groups in total. The molecule has 0 aliphatic carbocycles. The number of hydrogen-bond donors (Lipinski definition) is 0. The van der Waals surface area contributed by atoms with E-state index in [1.165, 1.54) is 0 Å². The van der Waals surface area contributed by atoms with Crippen LogP contribution in [0.15, 0.2) is 11.1 Å². The highest BCUT2D eigenvalue weighted by molar-refractivity contribution is 5.50. The zero-order valence-electron chi connectivity index (χ0n) is 5.94. The molecule has 0 amide bonds. The third-order valence-corrected chi connectivity index (χ3v) is 1.25. The SMILES string of the molecule is O=C=Nc1c(F)cc(F)c(F)c1F. The molecule has 0 bridgehead atoms. The van der Waals surface area contributed by atoms with E-state index >= 15 is 0 Å². The molecular formula is C7HF4NO. The Balaban J connectivity index is 3.52. The summed E-state index contributed by atoms with van der Waals surface area (Å²) >= 11 is 0. The maximum Gasteiger partial charge on any atom is 0.240 e. The fourth-order valence-corrected chi connectivity index (χ4v) is 0.705. The summed E-state index contributed by atoms with van der Waals surface area (Å²) < 4.78 is 49.8. The zero-order valence-corrected chi connectivity index (χ0v) is 5.94. The highest BCUT2D eigenvalue weighted by Crippen LogP contribution is 2.25. The van der Waals surface area contributed by atoms with E-state index in [2.05, 4.69) is 4.99 Å². The second-order valence-electron chi connectivity index (χ2n) is 2.02. The van der Waals surface area contributed by atoms with E-state index in [-0.39, 0.29) is 6.07 Å². The van der Waals surface area contributed by atoms with Crippen LogP contribution in [0.3, 0.4) is 0 Å². The highest BCUT2D eigenvalue weighted by Gasteiger charge is 2.18. The van der Waals surface area contributed by atoms with Crippen molar-refractivity contribution < 1.29 is 22.4 Å². The number of benzene rings is 1. The number of nitrogens with zero attached hydrogens (tertiary/aromatic N) is 1. The first-order valence-electron chi connectivity index (χ1n) is 2.98. The van der Waals surface area contributed by atoms with Gasteiger partial charge in [-0.05, 0) is 0 Å². The minimum absolute atomic E-state index is 0.0919. The molecule has 0 unspecified atom stereocenters. The molecule has 6 heteroatoms. The molecule has 0 radical (unpaired) electrons. The smallest absolute Gasteiger partial charge is 0.211 e. The van der Waals surface area contributed by atoms with Gasteiger partial charge in [0.2, 0.25) is 6.08 Å². The second-order valence-corrected chi connectivity index (χ2v) is 2.02. The van der Waals surface area contributed by atoms with E-state index in [4.69, 9.17) is 0 Å². The quantitative estimate of drug-likeness (QED) is 0.220. The van der Waals surface area contributed by atoms with Gasteiger partial charge in [-0.15, -0.1) is 0 Å². The Morgan fingerprint density at radius 2 is 1.69 bits per heavy atom. The maximum absolute atomic E-state index is 12.6. The van der Waals surface area contributed by atoms with Crippen molar-refractivity contribution in [2.75, 3.05) is 0 Å². The van der Waals surface area contributed by atoms with Gasteiger partial charge in [0, 0.05) is 6.07 Å². The molecule has 1 rings (SSSR count). The third kappa shape index (κ3) is 1.57. The van der Waals surface area contributed by atoms with Gasteiger partial charge >= 0.3 is 0 Å². The Hall–Kier alpha value is -1.68. The van der Waals surface area contributed by atoms with Crippen molar-refractivity contribution in [3.63, 3.8) is 0 Å². The van der Waals surface area contributed by atoms with Crippen LogP contribution in [0.25, 0.3) is 0 Å². The number of isocyanates is 1. The van der Waals surface area contributed by atoms with Crippen LogP contribution < -0.4 is 0 Å². The van der Waals surface area contributed by atoms with Crippen LogP contribution in [-0.4, -0.2) is 6.08 Å². The topological polar surface area (TPSA) is 29.4 Å². The van der Waals surface area contributed by atoms with Crippen LogP contribution in [0, 0.1) is 23.3 Å². The van der Waals surface area contributed by atoms with Gasteiger partial charge in [0.05, 0.1) is 0 Å². The lowest BCUT2D eigenvalue weighted by atomic mass is 10.2. The summed E-state index contributed by atoms with van der Waals surface area (Å²) in [6, 6.07) is 0.0919. The van der Waals surface area contributed by atoms with Gasteiger partial charge in [0.1, 0.15) is 0 Å². The van der Waals surface area contributed by atoms with Crippen molar-refractivity contribution >= 4 is 11.8 Å². The summed E-state index contributed by atoms with van der Waals surface area (Å²) in [6.45, 7) is 0. The van der Waals surface area contributed by atoms with E-state index < -0.39 is 29.0 Å². The monoisotopic (exact) mass is 191 g/mol. The van der Waals surface area contributed by atoms with Gasteiger partial charge < -0.3 is 0 Å². The van der Waals surface area contributed by atoms with Crippen molar-refractivity contribution in [2.45, 2.75) is 0 Å². The lowest BCUT2D eigenvalue weighted by Gasteiger charge is -1.98. The molecule has 0 aromatic heterocycles. The van der Waals surface area contributed by atoms with Crippen molar-refractivity contribution in [3.8, 4) is 0 Å². The fourth-order valence-electron chi connectivity index (χ4n) is 0.705. The van der Waals surface area contributed by atoms with Crippen LogP contribution in [0.4, 0.5) is 23.2 Å². The van der Waals surface area contributed by atoms with E-state index in [1.54, 1.807) is 0 Å². The molecule has 0 atom stereocenters. The van der Waals surface area contributed by atoms with E-state index in [0.29, 0.717) is 0 Å². The first-order chi connectivity index (χ1) is 6.07. The molecule has 0 heterocycles. The normalized spacial score (nSPS) is 9.54. The summed E-state index contributed by atoms with van der Waals surface area (Å²) in [6.07, 6.45) is 0.818. The maximum atomic E-state index is 12.6. The standard InChI is InChI=1S/C7HF4NO/c8-3-1-4(9)7(12-2-13)6(11)5(3)10/h1H. The van der Waals surface area contributed by atoms with E-state index in [0.717, 1.165) is 6.08 Å². The highest BCUT2D eigenvalue weighted by atomic mass is 19.2. The molecule has 0 saturated carbocycles. The van der Waals surface area contributed by atoms with Crippen LogP contribution >= 0.6 is 0 Å². The summed E-state index contributed by atoms with van der Waals surface area (Å²) in [5, 5.41) is 0. The molecule has 0 spiro atoms. The van der Waals surface area contributed by atoms with E-state index in [1.807, 2.05) is 0 Å². The van der Waals surface area contributed by atoms with Gasteiger partial charge in [-0.3, -0.25) is 0 Å². The third-order valence-electron chi connectivity index (χ3n) is 1.25. The lowest BCUT2D eigenvalue weighted by Crippen LogP contribution is -1.93. The Bertz CT molecular complexity index is 398. The average molecular weight is 191 g/mol. The van der Waals surface area contributed by atoms with Crippen molar-refractivity contribution in [3.05, 3.63) is 29.3 Å². The molecule has 0 aliphatic rings. The average Bonchev–Trinajstić information content (AvgIpc) is 2.09. The Morgan fingerprint density at radius 3 is 2.23 bits per heavy atom. The Labute approximate surface area is 69.5 Å². The minimum atomic E-state index is -1.88. The molecule has 0 aliphatic heterocycles. The molecule has 1 aromatic rings. The number of rotatable bonds is 1. The molecule has 0 fully saturated rings. The second kappa shape index (κ2) is 3.37. The predicted octanol–water partition coefficient (Wildman–Crippen LogP) is 2.21. The van der Waals surface area contributed by atoms with Gasteiger partial charge in [-0.2, -0.15) is 4.99 Å². The summed E-state index contributed by atoms with van der Waals surface area (Å²) in [5.74, 6) is -6.86. The number of carbonyl (C=O) groups excluding carboxylic acids is 1. The summed E-state index contributed by atoms with van der Waals surface area (Å²) in [4.78, 5) is 12.2. The number of hydrogen-bond acceptors (Lipinski definition) is 2. The van der Waals surface area contributed by atoms with Gasteiger partial charge in [0.25, 0.3) is 0 Å².